The van der Waals surface area contributed by atoms with Crippen LogP contribution in [0.1, 0.15) is 24.2 Å². The summed E-state index contributed by atoms with van der Waals surface area (Å²) in [5.74, 6) is 1.97. The largest absolute Gasteiger partial charge is 0.490 e. The summed E-state index contributed by atoms with van der Waals surface area (Å²) in [7, 11) is 0. The fraction of sp³-hybridized carbons (Fsp3) is 0.219. The van der Waals surface area contributed by atoms with Crippen molar-refractivity contribution in [1.29, 1.82) is 0 Å². The number of aliphatic hydroxyl groups excluding tert-OH is 1. The Morgan fingerprint density at radius 1 is 0.872 bits per heavy atom. The molecule has 0 aliphatic rings. The Morgan fingerprint density at radius 2 is 1.54 bits per heavy atom. The van der Waals surface area contributed by atoms with Crippen LogP contribution in [-0.4, -0.2) is 41.8 Å². The van der Waals surface area contributed by atoms with E-state index in [1.165, 1.54) is 0 Å². The van der Waals surface area contributed by atoms with Gasteiger partial charge in [-0.15, -0.1) is 0 Å². The number of nitrogens with two attached hydrogens (primary N) is 1. The normalized spacial score (nSPS) is 12.1. The predicted molar refractivity (Wildman–Crippen MR) is 156 cm³/mol. The molecule has 1 heterocycles. The summed E-state index contributed by atoms with van der Waals surface area (Å²) in [6.07, 6.45) is -0.691. The van der Waals surface area contributed by atoms with Crippen LogP contribution in [0.2, 0.25) is 0 Å². The maximum atomic E-state index is 11.3. The van der Waals surface area contributed by atoms with E-state index in [0.717, 1.165) is 39.8 Å². The minimum Gasteiger partial charge on any atom is -0.490 e. The number of aliphatic hydroxyl groups is 1. The fourth-order valence-corrected chi connectivity index (χ4v) is 4.76. The van der Waals surface area contributed by atoms with Gasteiger partial charge in [0.15, 0.2) is 0 Å². The van der Waals surface area contributed by atoms with Crippen LogP contribution in [0, 0.1) is 5.92 Å². The number of anilines is 1. The molecule has 0 unspecified atom stereocenters. The first-order chi connectivity index (χ1) is 18.9. The molecule has 1 amide bonds. The van der Waals surface area contributed by atoms with E-state index in [1.807, 2.05) is 60.7 Å². The average Bonchev–Trinajstić information content (AvgIpc) is 3.31. The topological polar surface area (TPSA) is 101 Å². The van der Waals surface area contributed by atoms with Gasteiger partial charge in [-0.25, -0.2) is 0 Å². The summed E-state index contributed by atoms with van der Waals surface area (Å²) in [4.78, 5) is 16.9. The molecule has 4 N–H and O–H groups in total. The number of aromatic nitrogens is 1. The number of benzene rings is 4. The van der Waals surface area contributed by atoms with Crippen LogP contribution in [0.4, 0.5) is 5.69 Å². The molecule has 5 rings (SSSR count). The molecular weight excluding hydrogens is 490 g/mol. The first kappa shape index (κ1) is 26.1. The van der Waals surface area contributed by atoms with E-state index >= 15 is 0 Å². The third-order valence-corrected chi connectivity index (χ3v) is 6.52. The fourth-order valence-electron chi connectivity index (χ4n) is 4.76. The van der Waals surface area contributed by atoms with Crippen molar-refractivity contribution < 1.29 is 19.4 Å². The molecule has 200 valence electrons. The maximum Gasteiger partial charge on any atom is 0.248 e. The van der Waals surface area contributed by atoms with Crippen LogP contribution in [0.25, 0.3) is 21.8 Å². The zero-order valence-electron chi connectivity index (χ0n) is 22.1. The number of nitrogens with zero attached hydrogens (tertiary/aromatic N) is 1. The van der Waals surface area contributed by atoms with E-state index in [0.29, 0.717) is 29.5 Å². The average molecular weight is 524 g/mol. The van der Waals surface area contributed by atoms with Gasteiger partial charge in [0.25, 0.3) is 0 Å². The second kappa shape index (κ2) is 11.5. The highest BCUT2D eigenvalue weighted by Crippen LogP contribution is 2.33. The van der Waals surface area contributed by atoms with Crippen molar-refractivity contribution in [2.45, 2.75) is 20.0 Å². The third-order valence-electron chi connectivity index (χ3n) is 6.52. The van der Waals surface area contributed by atoms with Gasteiger partial charge in [-0.3, -0.25) is 4.79 Å². The van der Waals surface area contributed by atoms with Gasteiger partial charge in [-0.05, 0) is 72.6 Å². The Bertz CT molecular complexity index is 1560. The molecule has 4 aromatic carbocycles. The van der Waals surface area contributed by atoms with Crippen LogP contribution in [0.15, 0.2) is 91.0 Å². The second-order valence-electron chi connectivity index (χ2n) is 10.1. The SMILES string of the molecule is CC(C)CN(C[C@H](O)COc1cccc2[nH]c3ccccc3c12)c1ccc(Oc2ccc(C(N)=O)cc2)cc1. The van der Waals surface area contributed by atoms with Crippen LogP contribution in [-0.2, 0) is 0 Å². The van der Waals surface area contributed by atoms with Crippen molar-refractivity contribution in [2.24, 2.45) is 11.7 Å². The Balaban J connectivity index is 1.25. The molecule has 0 spiro atoms. The molecule has 1 atom stereocenters. The molecule has 0 saturated carbocycles. The number of carbonyl (C=O) groups is 1. The van der Waals surface area contributed by atoms with Crippen LogP contribution in [0.5, 0.6) is 17.2 Å². The highest BCUT2D eigenvalue weighted by molar-refractivity contribution is 6.10. The lowest BCUT2D eigenvalue weighted by Gasteiger charge is -2.29. The number of ether oxygens (including phenoxy) is 2. The Labute approximate surface area is 227 Å². The van der Waals surface area contributed by atoms with E-state index in [9.17, 15) is 9.90 Å². The molecule has 1 aromatic heterocycles. The highest BCUT2D eigenvalue weighted by atomic mass is 16.5. The van der Waals surface area contributed by atoms with E-state index in [4.69, 9.17) is 15.2 Å². The van der Waals surface area contributed by atoms with Crippen molar-refractivity contribution in [1.82, 2.24) is 4.98 Å². The molecule has 0 radical (unpaired) electrons. The lowest BCUT2D eigenvalue weighted by Crippen LogP contribution is -2.37. The molecule has 5 aromatic rings. The number of primary amides is 1. The number of fused-ring (bicyclic) bond motifs is 3. The summed E-state index contributed by atoms with van der Waals surface area (Å²) in [5, 5.41) is 13.1. The molecule has 0 aliphatic heterocycles. The van der Waals surface area contributed by atoms with E-state index in [-0.39, 0.29) is 6.61 Å². The van der Waals surface area contributed by atoms with Gasteiger partial charge in [0.1, 0.15) is 30.0 Å². The summed E-state index contributed by atoms with van der Waals surface area (Å²) in [5.41, 5.74) is 8.79. The maximum absolute atomic E-state index is 11.3. The second-order valence-corrected chi connectivity index (χ2v) is 10.1. The molecule has 0 saturated heterocycles. The quantitative estimate of drug-likeness (QED) is 0.194. The number of carbonyl (C=O) groups excluding carboxylic acids is 1. The Kier molecular flexibility index (Phi) is 7.70. The number of H-pyrrole nitrogens is 1. The minimum atomic E-state index is -0.691. The third kappa shape index (κ3) is 6.16. The Hall–Kier alpha value is -4.49. The zero-order chi connectivity index (χ0) is 27.4. The predicted octanol–water partition coefficient (Wildman–Crippen LogP) is 6.11. The summed E-state index contributed by atoms with van der Waals surface area (Å²) < 4.78 is 12.1. The lowest BCUT2D eigenvalue weighted by atomic mass is 10.1. The van der Waals surface area contributed by atoms with Crippen molar-refractivity contribution in [3.05, 3.63) is 96.6 Å². The molecule has 39 heavy (non-hydrogen) atoms. The van der Waals surface area contributed by atoms with E-state index in [1.54, 1.807) is 24.3 Å². The minimum absolute atomic E-state index is 0.176. The summed E-state index contributed by atoms with van der Waals surface area (Å²) in [6.45, 7) is 5.69. The first-order valence-electron chi connectivity index (χ1n) is 13.1. The number of para-hydroxylation sites is 1. The van der Waals surface area contributed by atoms with Crippen LogP contribution >= 0.6 is 0 Å². The van der Waals surface area contributed by atoms with E-state index in [2.05, 4.69) is 29.8 Å². The number of rotatable bonds is 11. The molecule has 0 fully saturated rings. The van der Waals surface area contributed by atoms with Gasteiger partial charge < -0.3 is 30.2 Å². The van der Waals surface area contributed by atoms with Crippen LogP contribution < -0.4 is 20.1 Å². The van der Waals surface area contributed by atoms with Crippen molar-refractivity contribution in [3.8, 4) is 17.2 Å². The zero-order valence-corrected chi connectivity index (χ0v) is 22.1. The smallest absolute Gasteiger partial charge is 0.248 e. The van der Waals surface area contributed by atoms with Gasteiger partial charge in [0.2, 0.25) is 5.91 Å². The number of aromatic amines is 1. The number of amides is 1. The molecule has 0 bridgehead atoms. The molecule has 7 heteroatoms. The van der Waals surface area contributed by atoms with Crippen molar-refractivity contribution >= 4 is 33.4 Å². The number of hydrogen-bond acceptors (Lipinski definition) is 5. The number of hydrogen-bond donors (Lipinski definition) is 3. The van der Waals surface area contributed by atoms with Crippen LogP contribution in [0.3, 0.4) is 0 Å². The molecule has 0 aliphatic carbocycles. The molecule has 7 nitrogen and oxygen atoms in total. The van der Waals surface area contributed by atoms with Crippen molar-refractivity contribution in [3.63, 3.8) is 0 Å². The summed E-state index contributed by atoms with van der Waals surface area (Å²) >= 11 is 0. The van der Waals surface area contributed by atoms with Gasteiger partial charge in [-0.1, -0.05) is 38.1 Å². The van der Waals surface area contributed by atoms with Gasteiger partial charge in [-0.2, -0.15) is 0 Å². The van der Waals surface area contributed by atoms with E-state index < -0.39 is 12.0 Å². The van der Waals surface area contributed by atoms with Gasteiger partial charge >= 0.3 is 0 Å². The van der Waals surface area contributed by atoms with Crippen molar-refractivity contribution in [2.75, 3.05) is 24.6 Å². The standard InChI is InChI=1S/C32H33N3O4/c1-21(2)18-35(23-12-16-26(17-13-23)39-25-14-10-22(11-15-25)32(33)37)19-24(36)20-38-30-9-5-8-29-31(30)27-6-3-4-7-28(27)34-29/h3-17,21,24,34,36H,18-20H2,1-2H3,(H2,33,37)/t24-/m0/s1. The lowest BCUT2D eigenvalue weighted by molar-refractivity contribution is 0.1000. The molecular formula is C32H33N3O4. The van der Waals surface area contributed by atoms with Gasteiger partial charge in [0, 0.05) is 40.6 Å². The first-order valence-corrected chi connectivity index (χ1v) is 13.1. The monoisotopic (exact) mass is 523 g/mol. The van der Waals surface area contributed by atoms with Gasteiger partial charge in [0.05, 0.1) is 5.52 Å². The Morgan fingerprint density at radius 3 is 2.23 bits per heavy atom. The summed E-state index contributed by atoms with van der Waals surface area (Å²) in [6, 6.07) is 28.5. The number of nitrogens with one attached hydrogen (secondary N) is 1. The highest BCUT2D eigenvalue weighted by Gasteiger charge is 2.17.